The van der Waals surface area contributed by atoms with E-state index in [-0.39, 0.29) is 17.0 Å². The summed E-state index contributed by atoms with van der Waals surface area (Å²) in [5.74, 6) is 1.07. The molecule has 0 atom stereocenters. The fourth-order valence-electron chi connectivity index (χ4n) is 2.09. The maximum Gasteiger partial charge on any atom is 0.151 e. The van der Waals surface area contributed by atoms with Crippen LogP contribution in [0.5, 0.6) is 0 Å². The van der Waals surface area contributed by atoms with Crippen molar-refractivity contribution in [2.45, 2.75) is 31.2 Å². The minimum absolute atomic E-state index is 0.189. The maximum absolute atomic E-state index is 11.6. The Bertz CT molecular complexity index is 564. The van der Waals surface area contributed by atoms with E-state index in [1.807, 2.05) is 0 Å². The second-order valence-corrected chi connectivity index (χ2v) is 7.28. The van der Waals surface area contributed by atoms with E-state index >= 15 is 0 Å². The normalized spacial score (nSPS) is 24.8. The third-order valence-corrected chi connectivity index (χ3v) is 5.17. The predicted octanol–water partition coefficient (Wildman–Crippen LogP) is -0.0622. The number of aryl methyl sites for hydroxylation is 2. The summed E-state index contributed by atoms with van der Waals surface area (Å²) < 4.78 is 23.1. The average molecular weight is 253 g/mol. The second-order valence-electron chi connectivity index (χ2n) is 4.97. The summed E-state index contributed by atoms with van der Waals surface area (Å²) in [5.41, 5.74) is 7.53. The Kier molecular flexibility index (Phi) is 2.28. The molecule has 1 aromatic heterocycles. The molecule has 2 aliphatic rings. The first-order chi connectivity index (χ1) is 7.99. The third kappa shape index (κ3) is 2.07. The van der Waals surface area contributed by atoms with E-state index in [0.29, 0.717) is 18.7 Å². The highest BCUT2D eigenvalue weighted by Crippen LogP contribution is 2.40. The molecule has 2 heterocycles. The summed E-state index contributed by atoms with van der Waals surface area (Å²) in [5, 5.41) is 0. The maximum atomic E-state index is 11.6. The highest BCUT2D eigenvalue weighted by Gasteiger charge is 2.43. The molecule has 1 aliphatic heterocycles. The zero-order valence-corrected chi connectivity index (χ0v) is 10.3. The molecule has 92 valence electrons. The van der Waals surface area contributed by atoms with E-state index < -0.39 is 9.84 Å². The number of nitrogens with two attached hydrogens (primary N) is 1. The van der Waals surface area contributed by atoms with Crippen LogP contribution in [0.15, 0.2) is 6.20 Å². The molecular weight excluding hydrogens is 238 g/mol. The summed E-state index contributed by atoms with van der Waals surface area (Å²) >= 11 is 0. The van der Waals surface area contributed by atoms with Crippen molar-refractivity contribution in [3.05, 3.63) is 23.3 Å². The van der Waals surface area contributed by atoms with Crippen molar-refractivity contribution in [1.82, 2.24) is 9.97 Å². The molecule has 5 nitrogen and oxygen atoms in total. The van der Waals surface area contributed by atoms with Crippen LogP contribution in [0.3, 0.4) is 0 Å². The molecule has 0 amide bonds. The van der Waals surface area contributed by atoms with E-state index in [9.17, 15) is 8.42 Å². The topological polar surface area (TPSA) is 85.9 Å². The summed E-state index contributed by atoms with van der Waals surface area (Å²) in [6.45, 7) is 0. The van der Waals surface area contributed by atoms with Gasteiger partial charge in [0.05, 0.1) is 17.0 Å². The first-order valence-corrected chi connectivity index (χ1v) is 7.65. The van der Waals surface area contributed by atoms with Gasteiger partial charge in [0.2, 0.25) is 0 Å². The molecule has 0 saturated heterocycles. The van der Waals surface area contributed by atoms with E-state index in [4.69, 9.17) is 5.73 Å². The van der Waals surface area contributed by atoms with Gasteiger partial charge in [0.15, 0.2) is 9.84 Å². The number of hydrogen-bond donors (Lipinski definition) is 1. The van der Waals surface area contributed by atoms with Gasteiger partial charge in [0, 0.05) is 18.3 Å². The second kappa shape index (κ2) is 3.49. The lowest BCUT2D eigenvalue weighted by atomic mass is 10.1. The van der Waals surface area contributed by atoms with Crippen LogP contribution in [0.2, 0.25) is 0 Å². The molecule has 3 rings (SSSR count). The lowest BCUT2D eigenvalue weighted by molar-refractivity contribution is 0.596. The molecule has 0 radical (unpaired) electrons. The molecule has 1 fully saturated rings. The quantitative estimate of drug-likeness (QED) is 0.757. The zero-order valence-electron chi connectivity index (χ0n) is 9.52. The van der Waals surface area contributed by atoms with Gasteiger partial charge in [-0.05, 0) is 24.8 Å². The van der Waals surface area contributed by atoms with E-state index in [1.165, 1.54) is 0 Å². The highest BCUT2D eigenvalue weighted by atomic mass is 32.2. The van der Waals surface area contributed by atoms with Crippen LogP contribution in [0, 0.1) is 0 Å². The van der Waals surface area contributed by atoms with Gasteiger partial charge >= 0.3 is 0 Å². The lowest BCUT2D eigenvalue weighted by Gasteiger charge is -2.10. The summed E-state index contributed by atoms with van der Waals surface area (Å²) in [6.07, 6.45) is 4.61. The van der Waals surface area contributed by atoms with Crippen LogP contribution in [-0.2, 0) is 28.2 Å². The summed E-state index contributed by atoms with van der Waals surface area (Å²) in [4.78, 5) is 8.76. The van der Waals surface area contributed by atoms with Gasteiger partial charge in [0.1, 0.15) is 5.82 Å². The minimum atomic E-state index is -2.92. The molecule has 0 bridgehead atoms. The monoisotopic (exact) mass is 253 g/mol. The Morgan fingerprint density at radius 1 is 1.24 bits per heavy atom. The Morgan fingerprint density at radius 3 is 2.65 bits per heavy atom. The molecule has 0 spiro atoms. The van der Waals surface area contributed by atoms with Gasteiger partial charge in [-0.3, -0.25) is 0 Å². The lowest BCUT2D eigenvalue weighted by Crippen LogP contribution is -2.23. The van der Waals surface area contributed by atoms with E-state index in [2.05, 4.69) is 9.97 Å². The Balaban J connectivity index is 1.97. The van der Waals surface area contributed by atoms with E-state index in [1.54, 1.807) is 6.20 Å². The van der Waals surface area contributed by atoms with Gasteiger partial charge in [-0.1, -0.05) is 0 Å². The summed E-state index contributed by atoms with van der Waals surface area (Å²) in [7, 11) is -2.92. The number of rotatable bonds is 1. The Labute approximate surface area is 100 Å². The largest absolute Gasteiger partial charge is 0.319 e. The van der Waals surface area contributed by atoms with Crippen LogP contribution in [0.25, 0.3) is 0 Å². The van der Waals surface area contributed by atoms with Gasteiger partial charge in [-0.15, -0.1) is 0 Å². The Hall–Kier alpha value is -1.01. The number of hydrogen-bond acceptors (Lipinski definition) is 5. The predicted molar refractivity (Wildman–Crippen MR) is 63.2 cm³/mol. The SMILES string of the molecule is NC1(c2ncc3c(n2)CCS(=O)(=O)CC3)CC1. The zero-order chi connectivity index (χ0) is 12.1. The van der Waals surface area contributed by atoms with Crippen molar-refractivity contribution in [2.24, 2.45) is 5.73 Å². The first kappa shape index (κ1) is 11.1. The Morgan fingerprint density at radius 2 is 1.94 bits per heavy atom. The third-order valence-electron chi connectivity index (χ3n) is 3.52. The van der Waals surface area contributed by atoms with Gasteiger partial charge in [-0.2, -0.15) is 0 Å². The van der Waals surface area contributed by atoms with Crippen molar-refractivity contribution in [1.29, 1.82) is 0 Å². The summed E-state index contributed by atoms with van der Waals surface area (Å²) in [6, 6.07) is 0. The van der Waals surface area contributed by atoms with Crippen molar-refractivity contribution in [3.8, 4) is 0 Å². The molecule has 0 unspecified atom stereocenters. The minimum Gasteiger partial charge on any atom is -0.319 e. The van der Waals surface area contributed by atoms with Crippen molar-refractivity contribution >= 4 is 9.84 Å². The standard InChI is InChI=1S/C11H15N3O2S/c12-11(3-4-11)10-13-7-8-1-5-17(15,16)6-2-9(8)14-10/h7H,1-6,12H2. The van der Waals surface area contributed by atoms with Crippen LogP contribution >= 0.6 is 0 Å². The van der Waals surface area contributed by atoms with Gasteiger partial charge < -0.3 is 5.73 Å². The van der Waals surface area contributed by atoms with Crippen molar-refractivity contribution < 1.29 is 8.42 Å². The van der Waals surface area contributed by atoms with Crippen molar-refractivity contribution in [3.63, 3.8) is 0 Å². The molecular formula is C11H15N3O2S. The number of aromatic nitrogens is 2. The van der Waals surface area contributed by atoms with Crippen LogP contribution < -0.4 is 5.73 Å². The first-order valence-electron chi connectivity index (χ1n) is 5.83. The molecule has 1 aromatic rings. The van der Waals surface area contributed by atoms with Gasteiger partial charge in [-0.25, -0.2) is 18.4 Å². The fourth-order valence-corrected chi connectivity index (χ4v) is 3.32. The van der Waals surface area contributed by atoms with Crippen LogP contribution in [0.4, 0.5) is 0 Å². The van der Waals surface area contributed by atoms with E-state index in [0.717, 1.165) is 24.1 Å². The number of fused-ring (bicyclic) bond motifs is 1. The molecule has 2 N–H and O–H groups in total. The molecule has 1 saturated carbocycles. The fraction of sp³-hybridized carbons (Fsp3) is 0.636. The number of sulfone groups is 1. The molecule has 0 aromatic carbocycles. The smallest absolute Gasteiger partial charge is 0.151 e. The van der Waals surface area contributed by atoms with Crippen LogP contribution in [-0.4, -0.2) is 29.9 Å². The highest BCUT2D eigenvalue weighted by molar-refractivity contribution is 7.91. The van der Waals surface area contributed by atoms with Crippen LogP contribution in [0.1, 0.15) is 29.9 Å². The molecule has 6 heteroatoms. The molecule has 1 aliphatic carbocycles. The van der Waals surface area contributed by atoms with Crippen molar-refractivity contribution in [2.75, 3.05) is 11.5 Å². The number of nitrogens with zero attached hydrogens (tertiary/aromatic N) is 2. The van der Waals surface area contributed by atoms with Gasteiger partial charge in [0.25, 0.3) is 0 Å². The molecule has 17 heavy (non-hydrogen) atoms. The average Bonchev–Trinajstić information content (AvgIpc) is 3.05.